The van der Waals surface area contributed by atoms with Gasteiger partial charge in [0, 0.05) is 23.5 Å². The van der Waals surface area contributed by atoms with Crippen LogP contribution < -0.4 is 15.0 Å². The molecule has 52 heavy (non-hydrogen) atoms. The van der Waals surface area contributed by atoms with E-state index in [1.54, 1.807) is 6.20 Å². The lowest BCUT2D eigenvalue weighted by Crippen LogP contribution is -2.32. The molecule has 1 unspecified atom stereocenters. The highest BCUT2D eigenvalue weighted by molar-refractivity contribution is 7.22. The standard InChI is InChI=1S/C40H44N6O4S2/c1-4-10-27(2)19-22-45(3)21-8-12-29-17-18-30(25-41-29)50-24-9-16-35-36(38(48)49)43-40(52-35)46-23-20-28-11-7-13-31(32(28)26-46)37(47)44-39-42-33-14-5-6-15-34(33)51-39/h5-7,11,13-15,17-18,25,27H,4,9-10,16,19-24,26H2,1-3H3,(H,48,49)(H,42,44,47). The zero-order chi connectivity index (χ0) is 36.5. The van der Waals surface area contributed by atoms with E-state index in [0.29, 0.717) is 71.2 Å². The Morgan fingerprint density at radius 1 is 1.10 bits per heavy atom. The van der Waals surface area contributed by atoms with E-state index >= 15 is 0 Å². The first-order valence-electron chi connectivity index (χ1n) is 17.8. The first-order chi connectivity index (χ1) is 25.3. The van der Waals surface area contributed by atoms with Crippen molar-refractivity contribution in [3.05, 3.63) is 93.7 Å². The molecule has 0 radical (unpaired) electrons. The Bertz CT molecular complexity index is 2030. The van der Waals surface area contributed by atoms with E-state index in [2.05, 4.69) is 62.8 Å². The number of hydrogen-bond donors (Lipinski definition) is 2. The molecule has 1 aliphatic rings. The number of aromatic nitrogens is 3. The number of aromatic carboxylic acids is 1. The minimum absolute atomic E-state index is 0.0679. The van der Waals surface area contributed by atoms with Gasteiger partial charge in [0.25, 0.3) is 5.91 Å². The molecule has 3 aromatic heterocycles. The lowest BCUT2D eigenvalue weighted by molar-refractivity contribution is 0.0690. The Labute approximate surface area is 312 Å². The smallest absolute Gasteiger partial charge is 0.355 e. The van der Waals surface area contributed by atoms with Crippen LogP contribution in [0.3, 0.4) is 0 Å². The van der Waals surface area contributed by atoms with Crippen molar-refractivity contribution in [1.29, 1.82) is 0 Å². The molecule has 270 valence electrons. The first-order valence-corrected chi connectivity index (χ1v) is 19.4. The number of pyridine rings is 1. The van der Waals surface area contributed by atoms with Crippen LogP contribution in [-0.4, -0.2) is 70.1 Å². The van der Waals surface area contributed by atoms with E-state index < -0.39 is 5.97 Å². The normalized spacial score (nSPS) is 13.0. The highest BCUT2D eigenvalue weighted by Crippen LogP contribution is 2.33. The van der Waals surface area contributed by atoms with Gasteiger partial charge >= 0.3 is 5.97 Å². The molecule has 2 N–H and O–H groups in total. The fourth-order valence-corrected chi connectivity index (χ4v) is 8.22. The van der Waals surface area contributed by atoms with Gasteiger partial charge < -0.3 is 14.7 Å². The van der Waals surface area contributed by atoms with Crippen LogP contribution in [-0.2, 0) is 19.4 Å². The summed E-state index contributed by atoms with van der Waals surface area (Å²) in [4.78, 5) is 44.2. The van der Waals surface area contributed by atoms with E-state index in [1.807, 2.05) is 54.6 Å². The number of carbonyl (C=O) groups excluding carboxylic acids is 1. The summed E-state index contributed by atoms with van der Waals surface area (Å²) in [6.07, 6.45) is 7.20. The first kappa shape index (κ1) is 36.9. The van der Waals surface area contributed by atoms with Crippen molar-refractivity contribution in [2.75, 3.05) is 43.5 Å². The van der Waals surface area contributed by atoms with Crippen molar-refractivity contribution >= 4 is 55.0 Å². The minimum atomic E-state index is -1.05. The third kappa shape index (κ3) is 9.53. The maximum absolute atomic E-state index is 13.5. The van der Waals surface area contributed by atoms with Crippen LogP contribution in [0.4, 0.5) is 10.3 Å². The number of aryl methyl sites for hydroxylation is 1. The van der Waals surface area contributed by atoms with Crippen LogP contribution in [0.5, 0.6) is 5.75 Å². The number of anilines is 2. The summed E-state index contributed by atoms with van der Waals surface area (Å²) in [6.45, 7) is 7.81. The van der Waals surface area contributed by atoms with E-state index in [0.717, 1.165) is 40.2 Å². The maximum atomic E-state index is 13.5. The number of carboxylic acids is 1. The predicted molar refractivity (Wildman–Crippen MR) is 209 cm³/mol. The molecule has 4 heterocycles. The zero-order valence-corrected chi connectivity index (χ0v) is 31.5. The second-order valence-electron chi connectivity index (χ2n) is 13.2. The molecule has 0 spiro atoms. The van der Waals surface area contributed by atoms with E-state index in [-0.39, 0.29) is 11.6 Å². The fraction of sp³-hybridized carbons (Fsp3) is 0.375. The van der Waals surface area contributed by atoms with Gasteiger partial charge in [0.15, 0.2) is 16.0 Å². The summed E-state index contributed by atoms with van der Waals surface area (Å²) in [5, 5.41) is 14.1. The average Bonchev–Trinajstić information content (AvgIpc) is 3.77. The van der Waals surface area contributed by atoms with Crippen molar-refractivity contribution in [1.82, 2.24) is 19.9 Å². The van der Waals surface area contributed by atoms with Crippen molar-refractivity contribution in [3.63, 3.8) is 0 Å². The quantitative estimate of drug-likeness (QED) is 0.0820. The Hall–Kier alpha value is -4.83. The van der Waals surface area contributed by atoms with Crippen LogP contribution >= 0.6 is 22.7 Å². The van der Waals surface area contributed by atoms with Crippen LogP contribution in [0, 0.1) is 17.8 Å². The van der Waals surface area contributed by atoms with Crippen molar-refractivity contribution in [2.45, 2.75) is 58.9 Å². The topological polar surface area (TPSA) is 121 Å². The number of rotatable bonds is 15. The number of fused-ring (bicyclic) bond motifs is 2. The summed E-state index contributed by atoms with van der Waals surface area (Å²) >= 11 is 2.83. The average molecular weight is 737 g/mol. The largest absolute Gasteiger partial charge is 0.492 e. The third-order valence-corrected chi connectivity index (χ3v) is 11.2. The van der Waals surface area contributed by atoms with Crippen molar-refractivity contribution in [3.8, 4) is 17.6 Å². The van der Waals surface area contributed by atoms with Gasteiger partial charge in [-0.3, -0.25) is 15.0 Å². The molecule has 0 saturated carbocycles. The number of hydrogen-bond acceptors (Lipinski definition) is 10. The predicted octanol–water partition coefficient (Wildman–Crippen LogP) is 7.78. The van der Waals surface area contributed by atoms with Crippen molar-refractivity contribution in [2.24, 2.45) is 5.92 Å². The summed E-state index contributed by atoms with van der Waals surface area (Å²) in [5.41, 5.74) is 4.21. The molecule has 5 aromatic rings. The summed E-state index contributed by atoms with van der Waals surface area (Å²) < 4.78 is 6.93. The second kappa shape index (κ2) is 17.6. The number of nitrogens with zero attached hydrogens (tertiary/aromatic N) is 5. The lowest BCUT2D eigenvalue weighted by Gasteiger charge is -2.29. The molecule has 0 fully saturated rings. The molecule has 6 rings (SSSR count). The van der Waals surface area contributed by atoms with E-state index in [4.69, 9.17) is 4.74 Å². The van der Waals surface area contributed by atoms with Gasteiger partial charge in [-0.25, -0.2) is 19.7 Å². The number of benzene rings is 2. The molecule has 0 saturated heterocycles. The molecule has 1 amide bonds. The summed E-state index contributed by atoms with van der Waals surface area (Å²) in [5.74, 6) is 6.46. The van der Waals surface area contributed by atoms with E-state index in [9.17, 15) is 14.7 Å². The van der Waals surface area contributed by atoms with Gasteiger partial charge in [-0.2, -0.15) is 0 Å². The Morgan fingerprint density at radius 3 is 2.75 bits per heavy atom. The molecular weight excluding hydrogens is 693 g/mol. The SMILES string of the molecule is CCCC(C)CCN(C)CC#Cc1ccc(OCCCc2sc(N3CCc4cccc(C(=O)Nc5nc6ccccc6s5)c4C3)nc2C(=O)O)cn1. The number of amides is 1. The van der Waals surface area contributed by atoms with Crippen LogP contribution in [0.2, 0.25) is 0 Å². The van der Waals surface area contributed by atoms with Crippen LogP contribution in [0.15, 0.2) is 60.8 Å². The molecule has 1 aliphatic heterocycles. The molecule has 0 aliphatic carbocycles. The molecular formula is C40H44N6O4S2. The lowest BCUT2D eigenvalue weighted by atomic mass is 9.94. The molecule has 10 nitrogen and oxygen atoms in total. The number of carbonyl (C=O) groups is 2. The Morgan fingerprint density at radius 2 is 1.96 bits per heavy atom. The number of ether oxygens (including phenoxy) is 1. The molecule has 0 bridgehead atoms. The van der Waals surface area contributed by atoms with Gasteiger partial charge in [0.05, 0.1) is 29.6 Å². The van der Waals surface area contributed by atoms with Crippen molar-refractivity contribution < 1.29 is 19.4 Å². The van der Waals surface area contributed by atoms with Gasteiger partial charge in [0.1, 0.15) is 11.4 Å². The zero-order valence-electron chi connectivity index (χ0n) is 29.9. The fourth-order valence-electron chi connectivity index (χ4n) is 6.24. The van der Waals surface area contributed by atoms with Crippen LogP contribution in [0.1, 0.15) is 82.1 Å². The van der Waals surface area contributed by atoms with Gasteiger partial charge in [-0.05, 0) is 92.6 Å². The molecule has 12 heteroatoms. The Kier molecular flexibility index (Phi) is 12.5. The number of para-hydroxylation sites is 1. The highest BCUT2D eigenvalue weighted by Gasteiger charge is 2.26. The molecule has 1 atom stereocenters. The maximum Gasteiger partial charge on any atom is 0.355 e. The minimum Gasteiger partial charge on any atom is -0.492 e. The monoisotopic (exact) mass is 736 g/mol. The molecule has 2 aromatic carbocycles. The summed E-state index contributed by atoms with van der Waals surface area (Å²) in [6, 6.07) is 17.3. The third-order valence-electron chi connectivity index (χ3n) is 9.09. The Balaban J connectivity index is 1.02. The second-order valence-corrected chi connectivity index (χ2v) is 15.3. The van der Waals surface area contributed by atoms with Gasteiger partial charge in [0.2, 0.25) is 0 Å². The number of nitrogens with one attached hydrogen (secondary N) is 1. The summed E-state index contributed by atoms with van der Waals surface area (Å²) in [7, 11) is 2.10. The van der Waals surface area contributed by atoms with Gasteiger partial charge in [-0.15, -0.1) is 11.3 Å². The van der Waals surface area contributed by atoms with E-state index in [1.165, 1.54) is 41.9 Å². The number of thiazole rings is 2. The van der Waals surface area contributed by atoms with Gasteiger partial charge in [-0.1, -0.05) is 68.2 Å². The van der Waals surface area contributed by atoms with Crippen LogP contribution in [0.25, 0.3) is 10.2 Å². The number of carboxylic acid groups (broad SMARTS) is 1. The highest BCUT2D eigenvalue weighted by atomic mass is 32.1.